The average Bonchev–Trinajstić information content (AvgIpc) is 3.08. The molecular weight excluding hydrogens is 306 g/mol. The molecule has 3 N–H and O–H groups in total. The van der Waals surface area contributed by atoms with Crippen LogP contribution in [-0.2, 0) is 0 Å². The SMILES string of the molecule is CC(C)CC(CO)NC(=O)NC(C)c1ccc(-n2cncn2)cc1. The second-order valence-corrected chi connectivity index (χ2v) is 6.28. The topological polar surface area (TPSA) is 92.1 Å². The van der Waals surface area contributed by atoms with Gasteiger partial charge in [-0.1, -0.05) is 26.0 Å². The first-order valence-corrected chi connectivity index (χ1v) is 8.12. The third-order valence-corrected chi connectivity index (χ3v) is 3.74. The molecule has 7 heteroatoms. The third-order valence-electron chi connectivity index (χ3n) is 3.74. The van der Waals surface area contributed by atoms with Gasteiger partial charge in [-0.15, -0.1) is 0 Å². The van der Waals surface area contributed by atoms with Crippen LogP contribution in [0.4, 0.5) is 4.79 Å². The monoisotopic (exact) mass is 331 g/mol. The summed E-state index contributed by atoms with van der Waals surface area (Å²) in [6.07, 6.45) is 3.86. The first-order valence-electron chi connectivity index (χ1n) is 8.12. The molecule has 0 aliphatic carbocycles. The van der Waals surface area contributed by atoms with Gasteiger partial charge in [0.25, 0.3) is 0 Å². The molecule has 2 rings (SSSR count). The molecule has 0 spiro atoms. The summed E-state index contributed by atoms with van der Waals surface area (Å²) in [5.74, 6) is 0.407. The van der Waals surface area contributed by atoms with Crippen LogP contribution in [0.2, 0.25) is 0 Å². The zero-order valence-electron chi connectivity index (χ0n) is 14.3. The summed E-state index contributed by atoms with van der Waals surface area (Å²) in [5, 5.41) is 19.1. The van der Waals surface area contributed by atoms with E-state index in [4.69, 9.17) is 0 Å². The van der Waals surface area contributed by atoms with Crippen molar-refractivity contribution in [3.05, 3.63) is 42.5 Å². The van der Waals surface area contributed by atoms with Gasteiger partial charge in [0, 0.05) is 0 Å². The molecule has 0 fully saturated rings. The summed E-state index contributed by atoms with van der Waals surface area (Å²) in [6, 6.07) is 7.09. The number of aliphatic hydroxyl groups excluding tert-OH is 1. The number of carbonyl (C=O) groups is 1. The largest absolute Gasteiger partial charge is 0.394 e. The number of amides is 2. The van der Waals surface area contributed by atoms with E-state index in [0.29, 0.717) is 5.92 Å². The summed E-state index contributed by atoms with van der Waals surface area (Å²) in [6.45, 7) is 5.97. The number of hydrogen-bond acceptors (Lipinski definition) is 4. The van der Waals surface area contributed by atoms with E-state index < -0.39 is 0 Å². The van der Waals surface area contributed by atoms with Crippen molar-refractivity contribution in [1.82, 2.24) is 25.4 Å². The maximum Gasteiger partial charge on any atom is 0.315 e. The van der Waals surface area contributed by atoms with Crippen molar-refractivity contribution in [3.8, 4) is 5.69 Å². The van der Waals surface area contributed by atoms with Crippen LogP contribution in [0.3, 0.4) is 0 Å². The predicted molar refractivity (Wildman–Crippen MR) is 91.8 cm³/mol. The standard InChI is InChI=1S/C17H25N5O2/c1-12(2)8-15(9-23)21-17(24)20-13(3)14-4-6-16(7-5-14)22-11-18-10-19-22/h4-7,10-13,15,23H,8-9H2,1-3H3,(H2,20,21,24). The molecule has 7 nitrogen and oxygen atoms in total. The molecule has 0 bridgehead atoms. The Morgan fingerprint density at radius 1 is 1.21 bits per heavy atom. The maximum atomic E-state index is 12.1. The Bertz CT molecular complexity index is 625. The number of rotatable bonds is 7. The van der Waals surface area contributed by atoms with Crippen molar-refractivity contribution in [2.75, 3.05) is 6.61 Å². The molecule has 2 aromatic rings. The summed E-state index contributed by atoms with van der Waals surface area (Å²) in [7, 11) is 0. The van der Waals surface area contributed by atoms with E-state index in [-0.39, 0.29) is 24.7 Å². The van der Waals surface area contributed by atoms with Crippen LogP contribution in [0, 0.1) is 5.92 Å². The summed E-state index contributed by atoms with van der Waals surface area (Å²) in [5.41, 5.74) is 1.89. The molecule has 0 saturated carbocycles. The van der Waals surface area contributed by atoms with Crippen molar-refractivity contribution in [2.45, 2.75) is 39.3 Å². The fraction of sp³-hybridized carbons (Fsp3) is 0.471. The van der Waals surface area contributed by atoms with Crippen molar-refractivity contribution in [3.63, 3.8) is 0 Å². The Kier molecular flexibility index (Phi) is 6.31. The number of hydrogen-bond donors (Lipinski definition) is 3. The van der Waals surface area contributed by atoms with Crippen LogP contribution < -0.4 is 10.6 Å². The van der Waals surface area contributed by atoms with Crippen LogP contribution in [0.25, 0.3) is 5.69 Å². The van der Waals surface area contributed by atoms with E-state index in [0.717, 1.165) is 17.7 Å². The molecular formula is C17H25N5O2. The van der Waals surface area contributed by atoms with E-state index in [1.54, 1.807) is 11.0 Å². The first kappa shape index (κ1) is 17.9. The Morgan fingerprint density at radius 2 is 1.92 bits per heavy atom. The van der Waals surface area contributed by atoms with Gasteiger partial charge >= 0.3 is 6.03 Å². The highest BCUT2D eigenvalue weighted by molar-refractivity contribution is 5.74. The molecule has 0 aliphatic rings. The van der Waals surface area contributed by atoms with Gasteiger partial charge in [0.1, 0.15) is 12.7 Å². The lowest BCUT2D eigenvalue weighted by Gasteiger charge is -2.21. The van der Waals surface area contributed by atoms with Gasteiger partial charge in [-0.05, 0) is 37.0 Å². The third kappa shape index (κ3) is 5.06. The Morgan fingerprint density at radius 3 is 2.46 bits per heavy atom. The Labute approximate surface area is 142 Å². The minimum atomic E-state index is -0.275. The zero-order chi connectivity index (χ0) is 17.5. The second-order valence-electron chi connectivity index (χ2n) is 6.28. The molecule has 0 aliphatic heterocycles. The first-order chi connectivity index (χ1) is 11.5. The van der Waals surface area contributed by atoms with Gasteiger partial charge in [-0.2, -0.15) is 5.10 Å². The lowest BCUT2D eigenvalue weighted by molar-refractivity contribution is 0.205. The molecule has 0 saturated heterocycles. The maximum absolute atomic E-state index is 12.1. The fourth-order valence-corrected chi connectivity index (χ4v) is 2.51. The minimum Gasteiger partial charge on any atom is -0.394 e. The van der Waals surface area contributed by atoms with E-state index >= 15 is 0 Å². The summed E-state index contributed by atoms with van der Waals surface area (Å²) in [4.78, 5) is 16.0. The van der Waals surface area contributed by atoms with Crippen LogP contribution in [0.15, 0.2) is 36.9 Å². The van der Waals surface area contributed by atoms with Gasteiger partial charge in [0.05, 0.1) is 24.4 Å². The van der Waals surface area contributed by atoms with Gasteiger partial charge in [-0.3, -0.25) is 0 Å². The molecule has 130 valence electrons. The Balaban J connectivity index is 1.91. The summed E-state index contributed by atoms with van der Waals surface area (Å²) >= 11 is 0. The lowest BCUT2D eigenvalue weighted by atomic mass is 10.0. The Hall–Kier alpha value is -2.41. The number of carbonyl (C=O) groups excluding carboxylic acids is 1. The van der Waals surface area contributed by atoms with Crippen LogP contribution in [0.1, 0.15) is 38.8 Å². The molecule has 1 aromatic carbocycles. The number of nitrogens with zero attached hydrogens (tertiary/aromatic N) is 3. The van der Waals surface area contributed by atoms with Crippen molar-refractivity contribution >= 4 is 6.03 Å². The fourth-order valence-electron chi connectivity index (χ4n) is 2.51. The minimum absolute atomic E-state index is 0.0629. The highest BCUT2D eigenvalue weighted by Crippen LogP contribution is 2.15. The highest BCUT2D eigenvalue weighted by atomic mass is 16.3. The van der Waals surface area contributed by atoms with E-state index in [1.807, 2.05) is 31.2 Å². The molecule has 2 unspecified atom stereocenters. The number of aromatic nitrogens is 3. The smallest absolute Gasteiger partial charge is 0.315 e. The average molecular weight is 331 g/mol. The van der Waals surface area contributed by atoms with Crippen LogP contribution in [0.5, 0.6) is 0 Å². The van der Waals surface area contributed by atoms with E-state index in [1.165, 1.54) is 6.33 Å². The molecule has 2 amide bonds. The normalized spacial score (nSPS) is 13.5. The number of benzene rings is 1. The molecule has 2 atom stereocenters. The zero-order valence-corrected chi connectivity index (χ0v) is 14.3. The van der Waals surface area contributed by atoms with E-state index in [9.17, 15) is 9.90 Å². The van der Waals surface area contributed by atoms with Gasteiger partial charge in [-0.25, -0.2) is 14.5 Å². The van der Waals surface area contributed by atoms with Crippen molar-refractivity contribution in [1.29, 1.82) is 0 Å². The van der Waals surface area contributed by atoms with Gasteiger partial charge in [0.15, 0.2) is 0 Å². The van der Waals surface area contributed by atoms with Crippen LogP contribution >= 0.6 is 0 Å². The number of aliphatic hydroxyl groups is 1. The summed E-state index contributed by atoms with van der Waals surface area (Å²) < 4.78 is 1.67. The predicted octanol–water partition coefficient (Wildman–Crippen LogP) is 2.03. The van der Waals surface area contributed by atoms with Crippen molar-refractivity contribution < 1.29 is 9.90 Å². The number of urea groups is 1. The molecule has 0 radical (unpaired) electrons. The molecule has 24 heavy (non-hydrogen) atoms. The van der Waals surface area contributed by atoms with Crippen molar-refractivity contribution in [2.24, 2.45) is 5.92 Å². The molecule has 1 heterocycles. The van der Waals surface area contributed by atoms with Gasteiger partial charge < -0.3 is 15.7 Å². The highest BCUT2D eigenvalue weighted by Gasteiger charge is 2.15. The lowest BCUT2D eigenvalue weighted by Crippen LogP contribution is -2.45. The molecule has 1 aromatic heterocycles. The van der Waals surface area contributed by atoms with Gasteiger partial charge in [0.2, 0.25) is 0 Å². The quantitative estimate of drug-likeness (QED) is 0.724. The van der Waals surface area contributed by atoms with Crippen LogP contribution in [-0.4, -0.2) is 38.6 Å². The van der Waals surface area contributed by atoms with E-state index in [2.05, 4.69) is 34.6 Å². The second kappa shape index (κ2) is 8.44. The number of nitrogens with one attached hydrogen (secondary N) is 2.